The fourth-order valence-corrected chi connectivity index (χ4v) is 1.72. The maximum absolute atomic E-state index is 12.2. The maximum Gasteiger partial charge on any atom is 0.268 e. The molecule has 1 rings (SSSR count). The molecule has 3 heteroatoms. The Balaban J connectivity index is 2.85. The number of rotatable bonds is 5. The summed E-state index contributed by atoms with van der Waals surface area (Å²) in [7, 11) is 0. The summed E-state index contributed by atoms with van der Waals surface area (Å²) in [5.74, 6) is 0.0557. The predicted octanol–water partition coefficient (Wildman–Crippen LogP) is 2.21. The van der Waals surface area contributed by atoms with Crippen molar-refractivity contribution in [3.8, 4) is 0 Å². The zero-order valence-electron chi connectivity index (χ0n) is 10.2. The average Bonchev–Trinajstić information content (AvgIpc) is 2.36. The van der Waals surface area contributed by atoms with Crippen LogP contribution in [0.2, 0.25) is 0 Å². The first-order valence-electron chi connectivity index (χ1n) is 5.77. The molecule has 3 nitrogen and oxygen atoms in total. The molecule has 16 heavy (non-hydrogen) atoms. The average molecular weight is 219 g/mol. The molecule has 0 fully saturated rings. The second-order valence-electron chi connectivity index (χ2n) is 3.45. The van der Waals surface area contributed by atoms with Crippen LogP contribution in [0.5, 0.6) is 0 Å². The van der Waals surface area contributed by atoms with Gasteiger partial charge < -0.3 is 0 Å². The highest BCUT2D eigenvalue weighted by molar-refractivity contribution is 5.93. The quantitative estimate of drug-likeness (QED) is 0.709. The van der Waals surface area contributed by atoms with Crippen LogP contribution in [-0.4, -0.2) is 35.6 Å². The normalized spacial score (nSPS) is 10.5. The molecule has 0 spiro atoms. The van der Waals surface area contributed by atoms with E-state index in [-0.39, 0.29) is 5.91 Å². The number of hydrogen-bond acceptors (Lipinski definition) is 2. The Hall–Kier alpha value is -1.35. The lowest BCUT2D eigenvalue weighted by Gasteiger charge is -2.32. The molecule has 0 N–H and O–H groups in total. The summed E-state index contributed by atoms with van der Waals surface area (Å²) in [4.78, 5) is 12.2. The highest BCUT2D eigenvalue weighted by Crippen LogP contribution is 2.07. The number of carbonyl (C=O) groups excluding carboxylic acids is 1. The summed E-state index contributed by atoms with van der Waals surface area (Å²) < 4.78 is 0. The third-order valence-corrected chi connectivity index (χ3v) is 2.57. The molecule has 0 saturated heterocycles. The topological polar surface area (TPSA) is 23.6 Å². The van der Waals surface area contributed by atoms with Crippen LogP contribution in [0.1, 0.15) is 31.1 Å². The Morgan fingerprint density at radius 1 is 1.12 bits per heavy atom. The van der Waals surface area contributed by atoms with Crippen molar-refractivity contribution in [3.05, 3.63) is 35.9 Å². The van der Waals surface area contributed by atoms with Gasteiger partial charge in [0.15, 0.2) is 0 Å². The smallest absolute Gasteiger partial charge is 0.268 e. The first-order chi connectivity index (χ1) is 7.74. The Kier molecular flexibility index (Phi) is 4.99. The Bertz CT molecular complexity index is 320. The molecule has 0 aliphatic heterocycles. The van der Waals surface area contributed by atoms with Crippen LogP contribution >= 0.6 is 0 Å². The zero-order valence-corrected chi connectivity index (χ0v) is 10.2. The Labute approximate surface area is 97.6 Å². The molecule has 0 unspecified atom stereocenters. The van der Waals surface area contributed by atoms with Gasteiger partial charge in [0.05, 0.1) is 0 Å². The van der Waals surface area contributed by atoms with Gasteiger partial charge in [-0.3, -0.25) is 9.80 Å². The number of amides is 1. The van der Waals surface area contributed by atoms with Crippen molar-refractivity contribution in [2.24, 2.45) is 0 Å². The minimum Gasteiger partial charge on any atom is -0.272 e. The van der Waals surface area contributed by atoms with Gasteiger partial charge in [-0.1, -0.05) is 26.0 Å². The van der Waals surface area contributed by atoms with Crippen molar-refractivity contribution in [3.63, 3.8) is 0 Å². The lowest BCUT2D eigenvalue weighted by molar-refractivity contribution is -0.00113. The van der Waals surface area contributed by atoms with Gasteiger partial charge in [0.2, 0.25) is 0 Å². The summed E-state index contributed by atoms with van der Waals surface area (Å²) in [5.41, 5.74) is 0.715. The molecule has 0 bridgehead atoms. The van der Waals surface area contributed by atoms with Crippen LogP contribution in [0.4, 0.5) is 0 Å². The molecule has 87 valence electrons. The molecule has 1 aromatic rings. The van der Waals surface area contributed by atoms with E-state index in [0.29, 0.717) is 12.1 Å². The van der Waals surface area contributed by atoms with E-state index in [1.807, 2.05) is 11.9 Å². The van der Waals surface area contributed by atoms with E-state index in [1.165, 1.54) is 0 Å². The lowest BCUT2D eigenvalue weighted by Crippen LogP contribution is -2.46. The number of carbonyl (C=O) groups is 1. The zero-order chi connectivity index (χ0) is 12.0. The maximum atomic E-state index is 12.2. The van der Waals surface area contributed by atoms with E-state index in [9.17, 15) is 4.79 Å². The summed E-state index contributed by atoms with van der Waals surface area (Å²) in [6.07, 6.45) is 0. The summed E-state index contributed by atoms with van der Waals surface area (Å²) in [6, 6.07) is 10.1. The van der Waals surface area contributed by atoms with Gasteiger partial charge in [-0.25, -0.2) is 5.01 Å². The molecule has 0 aliphatic rings. The predicted molar refractivity (Wildman–Crippen MR) is 64.9 cm³/mol. The second-order valence-corrected chi connectivity index (χ2v) is 3.45. The van der Waals surface area contributed by atoms with Gasteiger partial charge in [0.1, 0.15) is 0 Å². The molecule has 1 radical (unpaired) electrons. The van der Waals surface area contributed by atoms with Crippen molar-refractivity contribution >= 4 is 5.91 Å². The van der Waals surface area contributed by atoms with E-state index >= 15 is 0 Å². The Morgan fingerprint density at radius 2 is 1.69 bits per heavy atom. The van der Waals surface area contributed by atoms with Crippen LogP contribution in [-0.2, 0) is 0 Å². The van der Waals surface area contributed by atoms with Gasteiger partial charge in [0, 0.05) is 25.2 Å². The van der Waals surface area contributed by atoms with E-state index < -0.39 is 0 Å². The van der Waals surface area contributed by atoms with E-state index in [0.717, 1.165) is 13.1 Å². The lowest BCUT2D eigenvalue weighted by atomic mass is 10.2. The SMILES string of the molecule is CCN(CC)N(CC)C(=O)c1cc[c]cc1. The van der Waals surface area contributed by atoms with Gasteiger partial charge in [-0.2, -0.15) is 0 Å². The van der Waals surface area contributed by atoms with E-state index in [4.69, 9.17) is 0 Å². The minimum absolute atomic E-state index is 0.0557. The van der Waals surface area contributed by atoms with Crippen molar-refractivity contribution in [2.45, 2.75) is 20.8 Å². The third kappa shape index (κ3) is 2.83. The van der Waals surface area contributed by atoms with Crippen LogP contribution < -0.4 is 0 Å². The molecule has 0 aromatic heterocycles. The van der Waals surface area contributed by atoms with Gasteiger partial charge in [-0.15, -0.1) is 0 Å². The monoisotopic (exact) mass is 219 g/mol. The van der Waals surface area contributed by atoms with Gasteiger partial charge in [0.25, 0.3) is 5.91 Å². The standard InChI is InChI=1S/C13H19N2O/c1-4-14(5-2)15(6-3)13(16)12-10-8-7-9-11-12/h8-11H,4-6H2,1-3H3. The van der Waals surface area contributed by atoms with E-state index in [1.54, 1.807) is 29.3 Å². The third-order valence-electron chi connectivity index (χ3n) is 2.57. The van der Waals surface area contributed by atoms with Crippen LogP contribution in [0.3, 0.4) is 0 Å². The fourth-order valence-electron chi connectivity index (χ4n) is 1.72. The van der Waals surface area contributed by atoms with Crippen molar-refractivity contribution < 1.29 is 4.79 Å². The fraction of sp³-hybridized carbons (Fsp3) is 0.462. The molecule has 1 amide bonds. The second kappa shape index (κ2) is 6.28. The van der Waals surface area contributed by atoms with Crippen LogP contribution in [0, 0.1) is 6.07 Å². The summed E-state index contributed by atoms with van der Waals surface area (Å²) in [5, 5.41) is 3.83. The van der Waals surface area contributed by atoms with Crippen molar-refractivity contribution in [1.29, 1.82) is 0 Å². The van der Waals surface area contributed by atoms with Crippen molar-refractivity contribution in [1.82, 2.24) is 10.0 Å². The molecule has 0 aliphatic carbocycles. The molecular formula is C13H19N2O. The molecule has 1 aromatic carbocycles. The van der Waals surface area contributed by atoms with Crippen molar-refractivity contribution in [2.75, 3.05) is 19.6 Å². The van der Waals surface area contributed by atoms with Crippen LogP contribution in [0.15, 0.2) is 24.3 Å². The number of hydrogen-bond donors (Lipinski definition) is 0. The highest BCUT2D eigenvalue weighted by atomic mass is 16.2. The van der Waals surface area contributed by atoms with Gasteiger partial charge in [-0.05, 0) is 25.1 Å². The highest BCUT2D eigenvalue weighted by Gasteiger charge is 2.18. The molecule has 0 atom stereocenters. The first-order valence-corrected chi connectivity index (χ1v) is 5.77. The largest absolute Gasteiger partial charge is 0.272 e. The molecule has 0 saturated carbocycles. The van der Waals surface area contributed by atoms with Gasteiger partial charge >= 0.3 is 0 Å². The summed E-state index contributed by atoms with van der Waals surface area (Å²) >= 11 is 0. The first kappa shape index (κ1) is 12.7. The van der Waals surface area contributed by atoms with Crippen LogP contribution in [0.25, 0.3) is 0 Å². The summed E-state index contributed by atoms with van der Waals surface area (Å²) in [6.45, 7) is 8.48. The number of benzene rings is 1. The number of nitrogens with zero attached hydrogens (tertiary/aromatic N) is 2. The molecule has 0 heterocycles. The Morgan fingerprint density at radius 3 is 2.12 bits per heavy atom. The molecular weight excluding hydrogens is 200 g/mol. The minimum atomic E-state index is 0.0557. The van der Waals surface area contributed by atoms with E-state index in [2.05, 4.69) is 19.9 Å². The number of hydrazine groups is 1.